The molecule has 2 atom stereocenters. The van der Waals surface area contributed by atoms with Crippen molar-refractivity contribution in [3.8, 4) is 5.75 Å². The summed E-state index contributed by atoms with van der Waals surface area (Å²) < 4.78 is 11.1. The SMILES string of the molecule is O=C(COc1ccc(Cl)cc1)N[C@@H]1CC[C@@H](C(=O)NCc2ccc(Cl)cc2)OC1. The van der Waals surface area contributed by atoms with Crippen molar-refractivity contribution in [3.05, 3.63) is 64.1 Å². The number of benzene rings is 2. The second-order valence-electron chi connectivity index (χ2n) is 6.75. The van der Waals surface area contributed by atoms with Crippen molar-refractivity contribution in [2.45, 2.75) is 31.5 Å². The second kappa shape index (κ2) is 10.5. The van der Waals surface area contributed by atoms with Crippen molar-refractivity contribution in [2.24, 2.45) is 0 Å². The summed E-state index contributed by atoms with van der Waals surface area (Å²) >= 11 is 11.7. The number of carbonyl (C=O) groups is 2. The van der Waals surface area contributed by atoms with E-state index in [4.69, 9.17) is 32.7 Å². The molecule has 0 spiro atoms. The average Bonchev–Trinajstić information content (AvgIpc) is 2.73. The zero-order valence-electron chi connectivity index (χ0n) is 15.7. The monoisotopic (exact) mass is 436 g/mol. The van der Waals surface area contributed by atoms with Crippen molar-refractivity contribution >= 4 is 35.0 Å². The van der Waals surface area contributed by atoms with Gasteiger partial charge in [-0.1, -0.05) is 35.3 Å². The Kier molecular flexibility index (Phi) is 7.75. The first-order valence-corrected chi connectivity index (χ1v) is 10.1. The molecular weight excluding hydrogens is 415 g/mol. The van der Waals surface area contributed by atoms with Crippen LogP contribution in [-0.4, -0.2) is 37.2 Å². The molecule has 2 aromatic rings. The molecule has 3 rings (SSSR count). The van der Waals surface area contributed by atoms with Crippen molar-refractivity contribution in [3.63, 3.8) is 0 Å². The summed E-state index contributed by atoms with van der Waals surface area (Å²) in [5.41, 5.74) is 0.962. The van der Waals surface area contributed by atoms with Crippen LogP contribution in [0, 0.1) is 0 Å². The van der Waals surface area contributed by atoms with Gasteiger partial charge in [-0.2, -0.15) is 0 Å². The van der Waals surface area contributed by atoms with E-state index in [1.54, 1.807) is 36.4 Å². The van der Waals surface area contributed by atoms with Crippen molar-refractivity contribution < 1.29 is 19.1 Å². The Morgan fingerprint density at radius 1 is 1.00 bits per heavy atom. The zero-order chi connectivity index (χ0) is 20.6. The van der Waals surface area contributed by atoms with E-state index in [9.17, 15) is 9.59 Å². The summed E-state index contributed by atoms with van der Waals surface area (Å²) in [6.07, 6.45) is 0.682. The zero-order valence-corrected chi connectivity index (χ0v) is 17.2. The van der Waals surface area contributed by atoms with E-state index in [-0.39, 0.29) is 31.1 Å². The molecule has 1 aliphatic heterocycles. The predicted octanol–water partition coefficient (Wildman–Crippen LogP) is 3.35. The molecule has 0 unspecified atom stereocenters. The highest BCUT2D eigenvalue weighted by molar-refractivity contribution is 6.30. The van der Waals surface area contributed by atoms with Crippen LogP contribution in [0.15, 0.2) is 48.5 Å². The third-order valence-corrected chi connectivity index (χ3v) is 5.00. The maximum atomic E-state index is 12.3. The van der Waals surface area contributed by atoms with E-state index in [1.165, 1.54) is 0 Å². The smallest absolute Gasteiger partial charge is 0.258 e. The van der Waals surface area contributed by atoms with E-state index in [0.717, 1.165) is 5.56 Å². The summed E-state index contributed by atoms with van der Waals surface area (Å²) in [6, 6.07) is 13.9. The van der Waals surface area contributed by atoms with Crippen LogP contribution in [0.1, 0.15) is 18.4 Å². The molecule has 0 bridgehead atoms. The molecule has 0 radical (unpaired) electrons. The standard InChI is InChI=1S/C21H22Cl2N2O4/c22-15-3-1-14(2-4-15)11-24-21(27)19-10-7-17(12-29-19)25-20(26)13-28-18-8-5-16(23)6-9-18/h1-6,8-9,17,19H,7,10-13H2,(H,24,27)(H,25,26)/t17-,19+/m1/s1. The maximum Gasteiger partial charge on any atom is 0.258 e. The minimum atomic E-state index is -0.513. The summed E-state index contributed by atoms with van der Waals surface area (Å²) in [6.45, 7) is 0.604. The molecule has 0 aromatic heterocycles. The molecule has 1 aliphatic rings. The fourth-order valence-corrected chi connectivity index (χ4v) is 3.18. The Balaban J connectivity index is 1.34. The van der Waals surface area contributed by atoms with Gasteiger partial charge in [0.05, 0.1) is 12.6 Å². The number of ether oxygens (including phenoxy) is 2. The minimum absolute atomic E-state index is 0.0941. The van der Waals surface area contributed by atoms with Crippen LogP contribution in [0.5, 0.6) is 5.75 Å². The van der Waals surface area contributed by atoms with Crippen LogP contribution in [0.25, 0.3) is 0 Å². The second-order valence-corrected chi connectivity index (χ2v) is 7.62. The molecule has 6 nitrogen and oxygen atoms in total. The third-order valence-electron chi connectivity index (χ3n) is 4.50. The molecule has 2 N–H and O–H groups in total. The van der Waals surface area contributed by atoms with E-state index >= 15 is 0 Å². The molecule has 1 fully saturated rings. The first-order valence-electron chi connectivity index (χ1n) is 9.31. The Bertz CT molecular complexity index is 820. The number of amides is 2. The minimum Gasteiger partial charge on any atom is -0.484 e. The number of hydrogen-bond acceptors (Lipinski definition) is 4. The molecule has 2 aromatic carbocycles. The van der Waals surface area contributed by atoms with E-state index in [2.05, 4.69) is 10.6 Å². The quantitative estimate of drug-likeness (QED) is 0.697. The third kappa shape index (κ3) is 6.92. The lowest BCUT2D eigenvalue weighted by molar-refractivity contribution is -0.137. The average molecular weight is 437 g/mol. The lowest BCUT2D eigenvalue weighted by atomic mass is 10.0. The van der Waals surface area contributed by atoms with Crippen molar-refractivity contribution in [2.75, 3.05) is 13.2 Å². The normalized spacial score (nSPS) is 18.7. The Morgan fingerprint density at radius 2 is 1.66 bits per heavy atom. The van der Waals surface area contributed by atoms with Crippen LogP contribution >= 0.6 is 23.2 Å². The lowest BCUT2D eigenvalue weighted by Crippen LogP contribution is -2.48. The van der Waals surface area contributed by atoms with Gasteiger partial charge >= 0.3 is 0 Å². The van der Waals surface area contributed by atoms with Gasteiger partial charge in [-0.3, -0.25) is 9.59 Å². The largest absolute Gasteiger partial charge is 0.484 e. The Hall–Kier alpha value is -2.28. The summed E-state index contributed by atoms with van der Waals surface area (Å²) in [7, 11) is 0. The first kappa shape index (κ1) is 21.4. The highest BCUT2D eigenvalue weighted by Crippen LogP contribution is 2.16. The molecule has 0 saturated carbocycles. The van der Waals surface area contributed by atoms with Crippen LogP contribution < -0.4 is 15.4 Å². The van der Waals surface area contributed by atoms with Gasteiger partial charge in [0.1, 0.15) is 11.9 Å². The number of nitrogens with one attached hydrogen (secondary N) is 2. The van der Waals surface area contributed by atoms with Gasteiger partial charge in [-0.25, -0.2) is 0 Å². The van der Waals surface area contributed by atoms with E-state index in [1.807, 2.05) is 12.1 Å². The van der Waals surface area contributed by atoms with Crippen LogP contribution in [0.2, 0.25) is 10.0 Å². The van der Waals surface area contributed by atoms with Gasteiger partial charge < -0.3 is 20.1 Å². The number of hydrogen-bond donors (Lipinski definition) is 2. The summed E-state index contributed by atoms with van der Waals surface area (Å²) in [4.78, 5) is 24.3. The molecular formula is C21H22Cl2N2O4. The lowest BCUT2D eigenvalue weighted by Gasteiger charge is -2.28. The number of carbonyl (C=O) groups excluding carboxylic acids is 2. The molecule has 1 heterocycles. The maximum absolute atomic E-state index is 12.3. The topological polar surface area (TPSA) is 76.7 Å². The van der Waals surface area contributed by atoms with Crippen molar-refractivity contribution in [1.82, 2.24) is 10.6 Å². The highest BCUT2D eigenvalue weighted by Gasteiger charge is 2.27. The Morgan fingerprint density at radius 3 is 2.28 bits per heavy atom. The Labute approximate surface area is 179 Å². The van der Waals surface area contributed by atoms with Gasteiger partial charge in [0, 0.05) is 16.6 Å². The number of rotatable bonds is 7. The van der Waals surface area contributed by atoms with Crippen molar-refractivity contribution in [1.29, 1.82) is 0 Å². The van der Waals surface area contributed by atoms with Gasteiger partial charge in [0.25, 0.3) is 5.91 Å². The summed E-state index contributed by atoms with van der Waals surface area (Å²) in [5.74, 6) is 0.178. The molecule has 0 aliphatic carbocycles. The van der Waals surface area contributed by atoms with E-state index in [0.29, 0.717) is 35.2 Å². The van der Waals surface area contributed by atoms with E-state index < -0.39 is 6.10 Å². The fourth-order valence-electron chi connectivity index (χ4n) is 2.93. The first-order chi connectivity index (χ1) is 14.0. The van der Waals surface area contributed by atoms with Gasteiger partial charge in [-0.15, -0.1) is 0 Å². The van der Waals surface area contributed by atoms with Gasteiger partial charge in [0.2, 0.25) is 5.91 Å². The molecule has 29 heavy (non-hydrogen) atoms. The summed E-state index contributed by atoms with van der Waals surface area (Å²) in [5, 5.41) is 6.99. The molecule has 1 saturated heterocycles. The fraction of sp³-hybridized carbons (Fsp3) is 0.333. The number of halogens is 2. The van der Waals surface area contributed by atoms with Crippen LogP contribution in [0.3, 0.4) is 0 Å². The van der Waals surface area contributed by atoms with Crippen LogP contribution in [0.4, 0.5) is 0 Å². The highest BCUT2D eigenvalue weighted by atomic mass is 35.5. The molecule has 8 heteroatoms. The molecule has 154 valence electrons. The van der Waals surface area contributed by atoms with Gasteiger partial charge in [-0.05, 0) is 54.8 Å². The predicted molar refractivity (Wildman–Crippen MR) is 111 cm³/mol. The van der Waals surface area contributed by atoms with Crippen LogP contribution in [-0.2, 0) is 20.9 Å². The van der Waals surface area contributed by atoms with Gasteiger partial charge in [0.15, 0.2) is 6.61 Å². The molecule has 2 amide bonds.